The maximum atomic E-state index is 5.90. The standard InChI is InChI=1S/C15H19N3OS.HI/c1-3-11-8-9-12(20-11)10-17-15(16)18-13-6-4-5-7-14(13)19-2;/h4-9H,3,10H2,1-2H3,(H3,16,17,18);1H. The van der Waals surface area contributed by atoms with E-state index in [0.29, 0.717) is 12.5 Å². The molecule has 0 atom stereocenters. The second-order valence-corrected chi connectivity index (χ2v) is 5.50. The number of ether oxygens (including phenoxy) is 1. The molecule has 2 rings (SSSR count). The molecule has 4 nitrogen and oxygen atoms in total. The number of aryl methyl sites for hydroxylation is 1. The average molecular weight is 417 g/mol. The van der Waals surface area contributed by atoms with E-state index in [2.05, 4.69) is 29.4 Å². The Morgan fingerprint density at radius 3 is 2.62 bits per heavy atom. The number of aliphatic imine (C=N–C) groups is 1. The summed E-state index contributed by atoms with van der Waals surface area (Å²) in [6, 6.07) is 11.9. The SMILES string of the molecule is CCc1ccc(CN=C(N)Nc2ccccc2OC)s1.I. The van der Waals surface area contributed by atoms with Crippen LogP contribution in [0.25, 0.3) is 0 Å². The van der Waals surface area contributed by atoms with E-state index < -0.39 is 0 Å². The van der Waals surface area contributed by atoms with E-state index in [1.165, 1.54) is 9.75 Å². The number of anilines is 1. The molecule has 0 bridgehead atoms. The molecule has 3 N–H and O–H groups in total. The summed E-state index contributed by atoms with van der Waals surface area (Å²) in [6.07, 6.45) is 1.06. The highest BCUT2D eigenvalue weighted by atomic mass is 127. The van der Waals surface area contributed by atoms with Gasteiger partial charge in [0.1, 0.15) is 5.75 Å². The van der Waals surface area contributed by atoms with Crippen LogP contribution in [0.5, 0.6) is 5.75 Å². The molecule has 2 aromatic rings. The van der Waals surface area contributed by atoms with Gasteiger partial charge in [-0.1, -0.05) is 19.1 Å². The molecule has 1 heterocycles. The van der Waals surface area contributed by atoms with Crippen molar-refractivity contribution in [3.63, 3.8) is 0 Å². The monoisotopic (exact) mass is 417 g/mol. The van der Waals surface area contributed by atoms with Gasteiger partial charge < -0.3 is 15.8 Å². The number of para-hydroxylation sites is 2. The van der Waals surface area contributed by atoms with Crippen molar-refractivity contribution in [3.05, 3.63) is 46.2 Å². The lowest BCUT2D eigenvalue weighted by molar-refractivity contribution is 0.417. The van der Waals surface area contributed by atoms with Gasteiger partial charge in [-0.2, -0.15) is 0 Å². The fourth-order valence-electron chi connectivity index (χ4n) is 1.79. The molecule has 0 amide bonds. The smallest absolute Gasteiger partial charge is 0.193 e. The van der Waals surface area contributed by atoms with E-state index in [1.54, 1.807) is 18.4 Å². The average Bonchev–Trinajstić information content (AvgIpc) is 2.94. The van der Waals surface area contributed by atoms with Gasteiger partial charge in [0.2, 0.25) is 0 Å². The first-order chi connectivity index (χ1) is 9.72. The molecule has 0 radical (unpaired) electrons. The Kier molecular flexibility index (Phi) is 7.52. The molecule has 1 aromatic heterocycles. The highest BCUT2D eigenvalue weighted by Crippen LogP contribution is 2.23. The molecule has 0 unspecified atom stereocenters. The lowest BCUT2D eigenvalue weighted by atomic mass is 10.3. The number of hydrogen-bond donors (Lipinski definition) is 2. The van der Waals surface area contributed by atoms with E-state index in [0.717, 1.165) is 17.9 Å². The number of halogens is 1. The molecule has 6 heteroatoms. The molecular weight excluding hydrogens is 397 g/mol. The summed E-state index contributed by atoms with van der Waals surface area (Å²) in [4.78, 5) is 6.93. The van der Waals surface area contributed by atoms with Gasteiger partial charge >= 0.3 is 0 Å². The van der Waals surface area contributed by atoms with Crippen molar-refractivity contribution in [2.45, 2.75) is 19.9 Å². The fourth-order valence-corrected chi connectivity index (χ4v) is 2.67. The molecule has 0 fully saturated rings. The number of nitrogens with one attached hydrogen (secondary N) is 1. The predicted molar refractivity (Wildman–Crippen MR) is 101 cm³/mol. The molecule has 114 valence electrons. The third-order valence-electron chi connectivity index (χ3n) is 2.84. The minimum absolute atomic E-state index is 0. The third kappa shape index (κ3) is 5.20. The number of rotatable bonds is 5. The van der Waals surface area contributed by atoms with Gasteiger partial charge in [0.15, 0.2) is 5.96 Å². The largest absolute Gasteiger partial charge is 0.495 e. The predicted octanol–water partition coefficient (Wildman–Crippen LogP) is 3.86. The van der Waals surface area contributed by atoms with Gasteiger partial charge in [-0.05, 0) is 30.7 Å². The minimum Gasteiger partial charge on any atom is -0.495 e. The van der Waals surface area contributed by atoms with Crippen LogP contribution < -0.4 is 15.8 Å². The summed E-state index contributed by atoms with van der Waals surface area (Å²) < 4.78 is 5.26. The van der Waals surface area contributed by atoms with Crippen LogP contribution in [0.15, 0.2) is 41.4 Å². The van der Waals surface area contributed by atoms with Crippen molar-refractivity contribution in [1.82, 2.24) is 0 Å². The quantitative estimate of drug-likeness (QED) is 0.441. The van der Waals surface area contributed by atoms with Crippen LogP contribution in [0.2, 0.25) is 0 Å². The highest BCUT2D eigenvalue weighted by molar-refractivity contribution is 14.0. The van der Waals surface area contributed by atoms with Gasteiger partial charge in [-0.25, -0.2) is 4.99 Å². The van der Waals surface area contributed by atoms with E-state index in [1.807, 2.05) is 24.3 Å². The van der Waals surface area contributed by atoms with Crippen LogP contribution in [0.4, 0.5) is 5.69 Å². The third-order valence-corrected chi connectivity index (χ3v) is 4.06. The molecule has 0 aliphatic carbocycles. The Labute approximate surface area is 146 Å². The van der Waals surface area contributed by atoms with Crippen molar-refractivity contribution >= 4 is 47.0 Å². The number of hydrogen-bond acceptors (Lipinski definition) is 3. The molecule has 0 spiro atoms. The number of thiophene rings is 1. The van der Waals surface area contributed by atoms with Crippen molar-refractivity contribution < 1.29 is 4.74 Å². The maximum absolute atomic E-state index is 5.90. The summed E-state index contributed by atoms with van der Waals surface area (Å²) in [5.74, 6) is 1.14. The minimum atomic E-state index is 0. The first kappa shape index (κ1) is 17.8. The number of guanidine groups is 1. The van der Waals surface area contributed by atoms with Gasteiger partial charge in [-0.15, -0.1) is 35.3 Å². The Bertz CT molecular complexity index is 598. The maximum Gasteiger partial charge on any atom is 0.193 e. The van der Waals surface area contributed by atoms with Crippen molar-refractivity contribution in [3.8, 4) is 5.75 Å². The molecular formula is C15H20IN3OS. The zero-order valence-corrected chi connectivity index (χ0v) is 15.3. The Morgan fingerprint density at radius 2 is 1.95 bits per heavy atom. The topological polar surface area (TPSA) is 59.6 Å². The molecule has 1 aromatic carbocycles. The van der Waals surface area contributed by atoms with E-state index in [9.17, 15) is 0 Å². The summed E-state index contributed by atoms with van der Waals surface area (Å²) in [6.45, 7) is 2.75. The van der Waals surface area contributed by atoms with Crippen LogP contribution in [0.3, 0.4) is 0 Å². The van der Waals surface area contributed by atoms with Crippen molar-refractivity contribution in [1.29, 1.82) is 0 Å². The molecule has 21 heavy (non-hydrogen) atoms. The number of benzene rings is 1. The summed E-state index contributed by atoms with van der Waals surface area (Å²) in [7, 11) is 1.63. The summed E-state index contributed by atoms with van der Waals surface area (Å²) in [5.41, 5.74) is 6.72. The number of methoxy groups -OCH3 is 1. The van der Waals surface area contributed by atoms with Crippen molar-refractivity contribution in [2.24, 2.45) is 10.7 Å². The van der Waals surface area contributed by atoms with Crippen LogP contribution in [0.1, 0.15) is 16.7 Å². The van der Waals surface area contributed by atoms with Gasteiger partial charge in [0.05, 0.1) is 19.3 Å². The molecule has 0 aliphatic heterocycles. The number of nitrogens with two attached hydrogens (primary N) is 1. The molecule has 0 saturated heterocycles. The first-order valence-electron chi connectivity index (χ1n) is 6.50. The summed E-state index contributed by atoms with van der Waals surface area (Å²) >= 11 is 1.77. The fraction of sp³-hybridized carbons (Fsp3) is 0.267. The van der Waals surface area contributed by atoms with Gasteiger partial charge in [0.25, 0.3) is 0 Å². The number of nitrogens with zero attached hydrogens (tertiary/aromatic N) is 1. The molecule has 0 aliphatic rings. The lowest BCUT2D eigenvalue weighted by Crippen LogP contribution is -2.22. The molecule has 0 saturated carbocycles. The Hall–Kier alpha value is -1.28. The van der Waals surface area contributed by atoms with Crippen molar-refractivity contribution in [2.75, 3.05) is 12.4 Å². The summed E-state index contributed by atoms with van der Waals surface area (Å²) in [5, 5.41) is 3.06. The second-order valence-electron chi connectivity index (χ2n) is 4.25. The van der Waals surface area contributed by atoms with Crippen LogP contribution >= 0.6 is 35.3 Å². The highest BCUT2D eigenvalue weighted by Gasteiger charge is 2.03. The Morgan fingerprint density at radius 1 is 1.24 bits per heavy atom. The zero-order chi connectivity index (χ0) is 14.4. The lowest BCUT2D eigenvalue weighted by Gasteiger charge is -2.09. The van der Waals surface area contributed by atoms with Gasteiger partial charge in [0, 0.05) is 9.75 Å². The van der Waals surface area contributed by atoms with Crippen LogP contribution in [-0.2, 0) is 13.0 Å². The zero-order valence-electron chi connectivity index (χ0n) is 12.1. The van der Waals surface area contributed by atoms with Gasteiger partial charge in [-0.3, -0.25) is 0 Å². The first-order valence-corrected chi connectivity index (χ1v) is 7.32. The van der Waals surface area contributed by atoms with Crippen LogP contribution in [-0.4, -0.2) is 13.1 Å². The van der Waals surface area contributed by atoms with E-state index in [4.69, 9.17) is 10.5 Å². The normalized spacial score (nSPS) is 10.9. The van der Waals surface area contributed by atoms with E-state index >= 15 is 0 Å². The van der Waals surface area contributed by atoms with E-state index in [-0.39, 0.29) is 24.0 Å². The van der Waals surface area contributed by atoms with Crippen LogP contribution in [0, 0.1) is 0 Å². The second kappa shape index (κ2) is 8.89. The Balaban J connectivity index is 0.00000220.